The van der Waals surface area contributed by atoms with E-state index in [1.165, 1.54) is 0 Å². The molecule has 1 N–H and O–H groups in total. The van der Waals surface area contributed by atoms with Gasteiger partial charge in [-0.1, -0.05) is 30.3 Å². The van der Waals surface area contributed by atoms with Crippen molar-refractivity contribution in [2.45, 2.75) is 13.0 Å². The molecule has 0 aromatic heterocycles. The predicted molar refractivity (Wildman–Crippen MR) is 76.3 cm³/mol. The van der Waals surface area contributed by atoms with Crippen LogP contribution in [-0.2, 0) is 0 Å². The summed E-state index contributed by atoms with van der Waals surface area (Å²) in [4.78, 5) is 1.93. The first-order valence-corrected chi connectivity index (χ1v) is 6.15. The molecule has 0 aliphatic heterocycles. The number of hydrogen-bond donors (Lipinski definition) is 1. The molecule has 2 aromatic carbocycles. The first kappa shape index (κ1) is 13.1. The third-order valence-electron chi connectivity index (χ3n) is 3.13. The van der Waals surface area contributed by atoms with E-state index in [1.54, 1.807) is 13.0 Å². The van der Waals surface area contributed by atoms with Crippen LogP contribution in [0.5, 0.6) is 0 Å². The Morgan fingerprint density at radius 1 is 1.05 bits per heavy atom. The number of aliphatic hydroxyl groups is 1. The van der Waals surface area contributed by atoms with Crippen molar-refractivity contribution < 1.29 is 5.11 Å². The van der Waals surface area contributed by atoms with Gasteiger partial charge in [0.2, 0.25) is 0 Å². The maximum Gasteiger partial charge on any atom is 0.101 e. The lowest BCUT2D eigenvalue weighted by Crippen LogP contribution is -2.14. The van der Waals surface area contributed by atoms with Gasteiger partial charge < -0.3 is 10.0 Å². The summed E-state index contributed by atoms with van der Waals surface area (Å²) in [6.45, 7) is 1.74. The lowest BCUT2D eigenvalue weighted by Gasteiger charge is -2.24. The first-order chi connectivity index (χ1) is 9.15. The van der Waals surface area contributed by atoms with Gasteiger partial charge in [0, 0.05) is 18.3 Å². The highest BCUT2D eigenvalue weighted by Crippen LogP contribution is 2.32. The van der Waals surface area contributed by atoms with E-state index in [0.717, 1.165) is 16.9 Å². The van der Waals surface area contributed by atoms with Gasteiger partial charge in [0.25, 0.3) is 0 Å². The molecule has 0 bridgehead atoms. The van der Waals surface area contributed by atoms with Gasteiger partial charge in [-0.2, -0.15) is 5.26 Å². The first-order valence-electron chi connectivity index (χ1n) is 6.15. The molecule has 0 unspecified atom stereocenters. The number of nitrogens with zero attached hydrogens (tertiary/aromatic N) is 2. The fourth-order valence-corrected chi connectivity index (χ4v) is 2.14. The molecule has 19 heavy (non-hydrogen) atoms. The third kappa shape index (κ3) is 2.59. The topological polar surface area (TPSA) is 47.3 Å². The fourth-order valence-electron chi connectivity index (χ4n) is 2.14. The largest absolute Gasteiger partial charge is 0.389 e. The zero-order valence-corrected chi connectivity index (χ0v) is 11.0. The minimum absolute atomic E-state index is 0.548. The molecule has 3 nitrogen and oxygen atoms in total. The van der Waals surface area contributed by atoms with Crippen molar-refractivity contribution in [3.63, 3.8) is 0 Å². The molecule has 2 rings (SSSR count). The standard InChI is InChI=1S/C16H16N2O/c1-12(19)14-8-4-6-10-16(14)18(2)15-9-5-3-7-13(15)11-17/h3-10,12,19H,1-2H3/t12-/m1/s1. The normalized spacial score (nSPS) is 11.7. The van der Waals surface area contributed by atoms with Crippen LogP contribution in [0, 0.1) is 11.3 Å². The second kappa shape index (κ2) is 5.55. The van der Waals surface area contributed by atoms with Crippen LogP contribution in [0.2, 0.25) is 0 Å². The Hall–Kier alpha value is -2.31. The molecule has 0 spiro atoms. The number of rotatable bonds is 3. The van der Waals surface area contributed by atoms with Crippen LogP contribution in [0.15, 0.2) is 48.5 Å². The maximum absolute atomic E-state index is 9.84. The van der Waals surface area contributed by atoms with Gasteiger partial charge in [0.15, 0.2) is 0 Å². The molecule has 0 amide bonds. The van der Waals surface area contributed by atoms with Crippen LogP contribution in [0.1, 0.15) is 24.2 Å². The number of para-hydroxylation sites is 2. The molecule has 96 valence electrons. The quantitative estimate of drug-likeness (QED) is 0.911. The molecular weight excluding hydrogens is 236 g/mol. The van der Waals surface area contributed by atoms with Crippen molar-refractivity contribution in [3.8, 4) is 6.07 Å². The molecule has 0 saturated heterocycles. The van der Waals surface area contributed by atoms with Gasteiger partial charge in [-0.15, -0.1) is 0 Å². The van der Waals surface area contributed by atoms with Crippen LogP contribution < -0.4 is 4.90 Å². The van der Waals surface area contributed by atoms with E-state index < -0.39 is 6.10 Å². The molecule has 0 radical (unpaired) electrons. The molecular formula is C16H16N2O. The molecule has 2 aromatic rings. The van der Waals surface area contributed by atoms with Gasteiger partial charge in [-0.3, -0.25) is 0 Å². The Labute approximate surface area is 113 Å². The Morgan fingerprint density at radius 3 is 2.26 bits per heavy atom. The highest BCUT2D eigenvalue weighted by atomic mass is 16.3. The second-order valence-corrected chi connectivity index (χ2v) is 4.42. The van der Waals surface area contributed by atoms with E-state index >= 15 is 0 Å². The highest BCUT2D eigenvalue weighted by molar-refractivity contribution is 5.71. The van der Waals surface area contributed by atoms with Crippen molar-refractivity contribution in [2.24, 2.45) is 0 Å². The number of anilines is 2. The highest BCUT2D eigenvalue weighted by Gasteiger charge is 2.14. The molecule has 0 saturated carbocycles. The average molecular weight is 252 g/mol. The summed E-state index contributed by atoms with van der Waals surface area (Å²) in [5.41, 5.74) is 3.20. The van der Waals surface area contributed by atoms with Crippen molar-refractivity contribution >= 4 is 11.4 Å². The number of benzene rings is 2. The minimum atomic E-state index is -0.548. The average Bonchev–Trinajstić information content (AvgIpc) is 2.46. The summed E-state index contributed by atoms with van der Waals surface area (Å²) in [5.74, 6) is 0. The van der Waals surface area contributed by atoms with Gasteiger partial charge >= 0.3 is 0 Å². The van der Waals surface area contributed by atoms with Crippen molar-refractivity contribution in [1.82, 2.24) is 0 Å². The summed E-state index contributed by atoms with van der Waals surface area (Å²) >= 11 is 0. The minimum Gasteiger partial charge on any atom is -0.389 e. The molecule has 1 atom stereocenters. The summed E-state index contributed by atoms with van der Waals surface area (Å²) in [5, 5.41) is 19.0. The van der Waals surface area contributed by atoms with E-state index in [0.29, 0.717) is 5.56 Å². The van der Waals surface area contributed by atoms with Crippen LogP contribution in [0.25, 0.3) is 0 Å². The zero-order chi connectivity index (χ0) is 13.8. The molecule has 0 fully saturated rings. The van der Waals surface area contributed by atoms with Gasteiger partial charge in [-0.25, -0.2) is 0 Å². The zero-order valence-electron chi connectivity index (χ0n) is 11.0. The fraction of sp³-hybridized carbons (Fsp3) is 0.188. The van der Waals surface area contributed by atoms with E-state index in [-0.39, 0.29) is 0 Å². The van der Waals surface area contributed by atoms with Crippen molar-refractivity contribution in [2.75, 3.05) is 11.9 Å². The van der Waals surface area contributed by atoms with E-state index in [4.69, 9.17) is 5.26 Å². The molecule has 3 heteroatoms. The summed E-state index contributed by atoms with van der Waals surface area (Å²) in [6, 6.07) is 17.3. The SMILES string of the molecule is C[C@@H](O)c1ccccc1N(C)c1ccccc1C#N. The van der Waals surface area contributed by atoms with Crippen LogP contribution in [-0.4, -0.2) is 12.2 Å². The van der Waals surface area contributed by atoms with Crippen LogP contribution in [0.4, 0.5) is 11.4 Å². The van der Waals surface area contributed by atoms with Crippen molar-refractivity contribution in [1.29, 1.82) is 5.26 Å². The second-order valence-electron chi connectivity index (χ2n) is 4.42. The molecule has 0 heterocycles. The van der Waals surface area contributed by atoms with Crippen LogP contribution in [0.3, 0.4) is 0 Å². The van der Waals surface area contributed by atoms with E-state index in [2.05, 4.69) is 6.07 Å². The Morgan fingerprint density at radius 2 is 1.63 bits per heavy atom. The van der Waals surface area contributed by atoms with Crippen LogP contribution >= 0.6 is 0 Å². The van der Waals surface area contributed by atoms with Crippen molar-refractivity contribution in [3.05, 3.63) is 59.7 Å². The smallest absolute Gasteiger partial charge is 0.101 e. The Kier molecular flexibility index (Phi) is 3.84. The Balaban J connectivity index is 2.51. The maximum atomic E-state index is 9.84. The summed E-state index contributed by atoms with van der Waals surface area (Å²) in [7, 11) is 1.90. The predicted octanol–water partition coefficient (Wildman–Crippen LogP) is 3.38. The lowest BCUT2D eigenvalue weighted by molar-refractivity contribution is 0.200. The van der Waals surface area contributed by atoms with Gasteiger partial charge in [-0.05, 0) is 25.1 Å². The third-order valence-corrected chi connectivity index (χ3v) is 3.13. The van der Waals surface area contributed by atoms with E-state index in [1.807, 2.05) is 54.4 Å². The van der Waals surface area contributed by atoms with Gasteiger partial charge in [0.1, 0.15) is 6.07 Å². The number of aliphatic hydroxyl groups excluding tert-OH is 1. The van der Waals surface area contributed by atoms with E-state index in [9.17, 15) is 5.11 Å². The monoisotopic (exact) mass is 252 g/mol. The lowest BCUT2D eigenvalue weighted by atomic mass is 10.1. The summed E-state index contributed by atoms with van der Waals surface area (Å²) in [6.07, 6.45) is -0.548. The number of nitriles is 1. The summed E-state index contributed by atoms with van der Waals surface area (Å²) < 4.78 is 0. The van der Waals surface area contributed by atoms with Gasteiger partial charge in [0.05, 0.1) is 17.4 Å². The Bertz CT molecular complexity index is 614. The molecule has 0 aliphatic rings. The number of hydrogen-bond acceptors (Lipinski definition) is 3. The molecule has 0 aliphatic carbocycles.